The number of nitrogens with two attached hydrogens (primary N) is 1. The van der Waals surface area contributed by atoms with E-state index in [1.165, 1.54) is 16.3 Å². The van der Waals surface area contributed by atoms with E-state index in [4.69, 9.17) is 5.73 Å². The second-order valence-electron chi connectivity index (χ2n) is 6.75. The van der Waals surface area contributed by atoms with Gasteiger partial charge < -0.3 is 5.73 Å². The fourth-order valence-corrected chi connectivity index (χ4v) is 3.48. The lowest BCUT2D eigenvalue weighted by Gasteiger charge is -2.28. The molecule has 6 heteroatoms. The fraction of sp³-hybridized carbons (Fsp3) is 0.300. The SMILES string of the molecule is NC(=O)n1c[c]c2cc(-c3ccc(CN4CCCC(F)C4)cc3)cnc21. The molecule has 1 atom stereocenters. The van der Waals surface area contributed by atoms with Crippen LogP contribution in [-0.2, 0) is 6.54 Å². The summed E-state index contributed by atoms with van der Waals surface area (Å²) in [6.07, 6.45) is 4.13. The van der Waals surface area contributed by atoms with Gasteiger partial charge in [0.15, 0.2) is 0 Å². The molecule has 3 aromatic rings. The molecule has 2 aromatic heterocycles. The smallest absolute Gasteiger partial charge is 0.324 e. The minimum absolute atomic E-state index is 0.503. The molecule has 1 aromatic carbocycles. The molecule has 4 rings (SSSR count). The minimum atomic E-state index is -0.704. The van der Waals surface area contributed by atoms with Crippen LogP contribution in [0, 0.1) is 6.07 Å². The maximum Gasteiger partial charge on any atom is 0.324 e. The number of rotatable bonds is 3. The molecule has 26 heavy (non-hydrogen) atoms. The molecular weight excluding hydrogens is 331 g/mol. The molecule has 1 aliphatic heterocycles. The van der Waals surface area contributed by atoms with Crippen LogP contribution in [0.25, 0.3) is 22.2 Å². The number of aromatic nitrogens is 2. The quantitative estimate of drug-likeness (QED) is 0.787. The standard InChI is InChI=1S/C20H20FN4O/c21-18-2-1-8-24(13-18)12-14-3-5-15(6-4-14)17-10-16-7-9-25(20(22)26)19(16)23-11-17/h3-6,9-11,18H,1-2,8,12-13H2,(H2,22,26). The number of nitrogens with zero attached hydrogens (tertiary/aromatic N) is 3. The number of hydrogen-bond acceptors (Lipinski definition) is 3. The predicted molar refractivity (Wildman–Crippen MR) is 98.4 cm³/mol. The highest BCUT2D eigenvalue weighted by Gasteiger charge is 2.18. The van der Waals surface area contributed by atoms with Gasteiger partial charge in [0.25, 0.3) is 0 Å². The summed E-state index contributed by atoms with van der Waals surface area (Å²) in [6, 6.07) is 12.6. The summed E-state index contributed by atoms with van der Waals surface area (Å²) in [5, 5.41) is 0.743. The lowest BCUT2D eigenvalue weighted by molar-refractivity contribution is 0.133. The van der Waals surface area contributed by atoms with Gasteiger partial charge in [-0.2, -0.15) is 0 Å². The number of carbonyl (C=O) groups excluding carboxylic acids is 1. The van der Waals surface area contributed by atoms with Crippen LogP contribution in [0.1, 0.15) is 18.4 Å². The summed E-state index contributed by atoms with van der Waals surface area (Å²) in [4.78, 5) is 17.9. The van der Waals surface area contributed by atoms with Gasteiger partial charge in [0.05, 0.1) is 0 Å². The van der Waals surface area contributed by atoms with E-state index >= 15 is 0 Å². The second kappa shape index (κ2) is 6.88. The summed E-state index contributed by atoms with van der Waals surface area (Å²) in [7, 11) is 0. The third-order valence-electron chi connectivity index (χ3n) is 4.82. The van der Waals surface area contributed by atoms with Crippen molar-refractivity contribution in [2.75, 3.05) is 13.1 Å². The molecule has 1 fully saturated rings. The highest BCUT2D eigenvalue weighted by atomic mass is 19.1. The van der Waals surface area contributed by atoms with E-state index in [2.05, 4.69) is 28.1 Å². The number of pyridine rings is 1. The zero-order chi connectivity index (χ0) is 18.1. The Morgan fingerprint density at radius 1 is 1.31 bits per heavy atom. The molecular formula is C20H20FN4O. The zero-order valence-electron chi connectivity index (χ0n) is 14.4. The summed E-state index contributed by atoms with van der Waals surface area (Å²) in [5.41, 5.74) is 8.97. The number of fused-ring (bicyclic) bond motifs is 1. The highest BCUT2D eigenvalue weighted by molar-refractivity contribution is 5.90. The Labute approximate surface area is 151 Å². The molecule has 0 aliphatic carbocycles. The molecule has 1 radical (unpaired) electrons. The average Bonchev–Trinajstić information content (AvgIpc) is 3.06. The van der Waals surface area contributed by atoms with Crippen LogP contribution >= 0.6 is 0 Å². The Balaban J connectivity index is 1.53. The number of benzene rings is 1. The Morgan fingerprint density at radius 2 is 2.12 bits per heavy atom. The van der Waals surface area contributed by atoms with Crippen LogP contribution in [-0.4, -0.2) is 39.7 Å². The minimum Gasteiger partial charge on any atom is -0.351 e. The Hall–Kier alpha value is -2.73. The van der Waals surface area contributed by atoms with Crippen molar-refractivity contribution in [3.05, 3.63) is 54.4 Å². The first-order chi connectivity index (χ1) is 12.6. The molecule has 5 nitrogen and oxygen atoms in total. The van der Waals surface area contributed by atoms with Crippen molar-refractivity contribution in [1.82, 2.24) is 14.5 Å². The summed E-state index contributed by atoms with van der Waals surface area (Å²) < 4.78 is 14.8. The van der Waals surface area contributed by atoms with Gasteiger partial charge in [-0.3, -0.25) is 9.47 Å². The number of hydrogen-bond donors (Lipinski definition) is 1. The van der Waals surface area contributed by atoms with Gasteiger partial charge in [0.1, 0.15) is 11.8 Å². The number of alkyl halides is 1. The number of piperidine rings is 1. The number of amides is 1. The molecule has 1 amide bonds. The van der Waals surface area contributed by atoms with E-state index in [-0.39, 0.29) is 0 Å². The van der Waals surface area contributed by atoms with Gasteiger partial charge in [-0.25, -0.2) is 14.2 Å². The van der Waals surface area contributed by atoms with Gasteiger partial charge in [0, 0.05) is 42.5 Å². The number of primary amides is 1. The predicted octanol–water partition coefficient (Wildman–Crippen LogP) is 3.36. The Kier molecular flexibility index (Phi) is 4.42. The molecule has 3 heterocycles. The number of carbonyl (C=O) groups is 1. The molecule has 133 valence electrons. The molecule has 1 unspecified atom stereocenters. The van der Waals surface area contributed by atoms with Crippen molar-refractivity contribution in [3.8, 4) is 11.1 Å². The summed E-state index contributed by atoms with van der Waals surface area (Å²) in [6.45, 7) is 2.25. The van der Waals surface area contributed by atoms with Crippen LogP contribution in [0.3, 0.4) is 0 Å². The number of likely N-dealkylation sites (tertiary alicyclic amines) is 1. The molecule has 0 bridgehead atoms. The summed E-state index contributed by atoms with van der Waals surface area (Å²) in [5.74, 6) is 0. The van der Waals surface area contributed by atoms with Crippen molar-refractivity contribution in [2.45, 2.75) is 25.6 Å². The van der Waals surface area contributed by atoms with Crippen LogP contribution in [0.4, 0.5) is 9.18 Å². The van der Waals surface area contributed by atoms with Crippen molar-refractivity contribution in [2.24, 2.45) is 5.73 Å². The zero-order valence-corrected chi connectivity index (χ0v) is 14.4. The van der Waals surface area contributed by atoms with Gasteiger partial charge in [-0.15, -0.1) is 0 Å². The van der Waals surface area contributed by atoms with Gasteiger partial charge >= 0.3 is 6.03 Å². The monoisotopic (exact) mass is 351 g/mol. The maximum absolute atomic E-state index is 13.5. The van der Waals surface area contributed by atoms with Crippen LogP contribution < -0.4 is 5.73 Å². The van der Waals surface area contributed by atoms with Crippen molar-refractivity contribution >= 4 is 17.1 Å². The average molecular weight is 351 g/mol. The fourth-order valence-electron chi connectivity index (χ4n) is 3.48. The molecule has 0 saturated carbocycles. The first-order valence-corrected chi connectivity index (χ1v) is 8.74. The topological polar surface area (TPSA) is 64.2 Å². The third kappa shape index (κ3) is 3.32. The first-order valence-electron chi connectivity index (χ1n) is 8.74. The normalized spacial score (nSPS) is 18.3. The van der Waals surface area contributed by atoms with Crippen molar-refractivity contribution in [3.63, 3.8) is 0 Å². The lowest BCUT2D eigenvalue weighted by atomic mass is 10.0. The lowest BCUT2D eigenvalue weighted by Crippen LogP contribution is -2.35. The van der Waals surface area contributed by atoms with E-state index in [9.17, 15) is 9.18 Å². The van der Waals surface area contributed by atoms with Crippen LogP contribution in [0.15, 0.2) is 42.7 Å². The Morgan fingerprint density at radius 3 is 2.85 bits per heavy atom. The second-order valence-corrected chi connectivity index (χ2v) is 6.75. The van der Waals surface area contributed by atoms with E-state index < -0.39 is 12.2 Å². The summed E-state index contributed by atoms with van der Waals surface area (Å²) >= 11 is 0. The maximum atomic E-state index is 13.5. The Bertz CT molecular complexity index is 935. The first kappa shape index (κ1) is 16.7. The number of halogens is 1. The van der Waals surface area contributed by atoms with Gasteiger partial charge in [-0.1, -0.05) is 24.3 Å². The molecule has 0 spiro atoms. The molecule has 2 N–H and O–H groups in total. The van der Waals surface area contributed by atoms with Gasteiger partial charge in [0.2, 0.25) is 0 Å². The molecule has 1 aliphatic rings. The van der Waals surface area contributed by atoms with E-state index in [1.54, 1.807) is 6.20 Å². The largest absolute Gasteiger partial charge is 0.351 e. The van der Waals surface area contributed by atoms with Crippen LogP contribution in [0.2, 0.25) is 0 Å². The highest BCUT2D eigenvalue weighted by Crippen LogP contribution is 2.24. The van der Waals surface area contributed by atoms with Crippen LogP contribution in [0.5, 0.6) is 0 Å². The van der Waals surface area contributed by atoms with E-state index in [1.807, 2.05) is 18.2 Å². The molecule has 1 saturated heterocycles. The van der Waals surface area contributed by atoms with Gasteiger partial charge in [-0.05, 0) is 36.6 Å². The van der Waals surface area contributed by atoms with E-state index in [0.717, 1.165) is 36.0 Å². The van der Waals surface area contributed by atoms with Crippen molar-refractivity contribution in [1.29, 1.82) is 0 Å². The van der Waals surface area contributed by atoms with E-state index in [0.29, 0.717) is 18.6 Å². The third-order valence-corrected chi connectivity index (χ3v) is 4.82. The van der Waals surface area contributed by atoms with Crippen molar-refractivity contribution < 1.29 is 9.18 Å².